The molecule has 0 heterocycles. The van der Waals surface area contributed by atoms with E-state index in [4.69, 9.17) is 26.8 Å². The highest BCUT2D eigenvalue weighted by Crippen LogP contribution is 2.39. The number of rotatable bonds is 7. The Morgan fingerprint density at radius 3 is 2.48 bits per heavy atom. The molecule has 0 aliphatic carbocycles. The van der Waals surface area contributed by atoms with Gasteiger partial charge in [0.25, 0.3) is 0 Å². The van der Waals surface area contributed by atoms with Gasteiger partial charge in [0.2, 0.25) is 5.91 Å². The minimum Gasteiger partial charge on any atom is -0.497 e. The van der Waals surface area contributed by atoms with Gasteiger partial charge in [-0.05, 0) is 54.8 Å². The molecule has 1 unspecified atom stereocenters. The SMILES string of the molecule is COc1ccc(Oc2c(F)cc(C(O)CCC(N)=O)c(C)c2Cl)cc1. The number of amides is 1. The van der Waals surface area contributed by atoms with Gasteiger partial charge in [0, 0.05) is 6.42 Å². The number of carbonyl (C=O) groups is 1. The number of carbonyl (C=O) groups excluding carboxylic acids is 1. The number of primary amides is 1. The highest BCUT2D eigenvalue weighted by Gasteiger charge is 2.21. The van der Waals surface area contributed by atoms with E-state index in [1.54, 1.807) is 31.2 Å². The van der Waals surface area contributed by atoms with Gasteiger partial charge >= 0.3 is 0 Å². The quantitative estimate of drug-likeness (QED) is 0.777. The molecule has 0 radical (unpaired) electrons. The summed E-state index contributed by atoms with van der Waals surface area (Å²) < 4.78 is 25.0. The normalized spacial score (nSPS) is 11.9. The summed E-state index contributed by atoms with van der Waals surface area (Å²) in [5.41, 5.74) is 5.84. The number of methoxy groups -OCH3 is 1. The second-order valence-electron chi connectivity index (χ2n) is 5.51. The number of hydrogen-bond donors (Lipinski definition) is 2. The standard InChI is InChI=1S/C18H19ClFNO4/c1-10-13(15(22)7-8-16(21)23)9-14(20)18(17(10)19)25-12-5-3-11(24-2)4-6-12/h3-6,9,15,22H,7-8H2,1-2H3,(H2,21,23). The average Bonchev–Trinajstić information content (AvgIpc) is 2.60. The lowest BCUT2D eigenvalue weighted by Gasteiger charge is -2.17. The van der Waals surface area contributed by atoms with Crippen LogP contribution in [0, 0.1) is 12.7 Å². The van der Waals surface area contributed by atoms with Crippen LogP contribution in [0.2, 0.25) is 5.02 Å². The average molecular weight is 368 g/mol. The fourth-order valence-corrected chi connectivity index (χ4v) is 2.59. The summed E-state index contributed by atoms with van der Waals surface area (Å²) in [6.07, 6.45) is -0.969. The molecule has 0 spiro atoms. The molecule has 2 rings (SSSR count). The number of aliphatic hydroxyl groups excluding tert-OH is 1. The first-order valence-corrected chi connectivity index (χ1v) is 7.98. The summed E-state index contributed by atoms with van der Waals surface area (Å²) in [6.45, 7) is 1.64. The molecule has 0 bridgehead atoms. The largest absolute Gasteiger partial charge is 0.497 e. The van der Waals surface area contributed by atoms with Gasteiger partial charge in [-0.1, -0.05) is 11.6 Å². The minimum absolute atomic E-state index is 0.00998. The van der Waals surface area contributed by atoms with Crippen molar-refractivity contribution in [3.05, 3.63) is 52.3 Å². The van der Waals surface area contributed by atoms with E-state index in [-0.39, 0.29) is 23.6 Å². The molecule has 1 amide bonds. The first-order chi connectivity index (χ1) is 11.8. The molecule has 0 fully saturated rings. The lowest BCUT2D eigenvalue weighted by atomic mass is 9.99. The smallest absolute Gasteiger partial charge is 0.217 e. The Morgan fingerprint density at radius 2 is 1.92 bits per heavy atom. The number of nitrogens with two attached hydrogens (primary N) is 1. The van der Waals surface area contributed by atoms with Gasteiger partial charge in [-0.15, -0.1) is 0 Å². The van der Waals surface area contributed by atoms with Gasteiger partial charge < -0.3 is 20.3 Å². The van der Waals surface area contributed by atoms with E-state index >= 15 is 0 Å². The summed E-state index contributed by atoms with van der Waals surface area (Å²) in [5, 5.41) is 10.2. The molecule has 0 saturated carbocycles. The Hall–Kier alpha value is -2.31. The molecule has 5 nitrogen and oxygen atoms in total. The third-order valence-electron chi connectivity index (χ3n) is 3.76. The van der Waals surface area contributed by atoms with Crippen LogP contribution < -0.4 is 15.2 Å². The van der Waals surface area contributed by atoms with Crippen LogP contribution in [-0.2, 0) is 4.79 Å². The van der Waals surface area contributed by atoms with Gasteiger partial charge in [0.05, 0.1) is 18.2 Å². The van der Waals surface area contributed by atoms with E-state index < -0.39 is 17.8 Å². The first-order valence-electron chi connectivity index (χ1n) is 7.60. The van der Waals surface area contributed by atoms with Crippen LogP contribution in [-0.4, -0.2) is 18.1 Å². The molecule has 2 aromatic rings. The van der Waals surface area contributed by atoms with Gasteiger partial charge in [0.15, 0.2) is 11.6 Å². The molecule has 2 aromatic carbocycles. The van der Waals surface area contributed by atoms with Crippen LogP contribution in [0.1, 0.15) is 30.1 Å². The van der Waals surface area contributed by atoms with Gasteiger partial charge in [0.1, 0.15) is 11.5 Å². The van der Waals surface area contributed by atoms with Crippen molar-refractivity contribution < 1.29 is 23.8 Å². The highest BCUT2D eigenvalue weighted by molar-refractivity contribution is 6.33. The molecule has 1 atom stereocenters. The second kappa shape index (κ2) is 8.18. The topological polar surface area (TPSA) is 81.8 Å². The summed E-state index contributed by atoms with van der Waals surface area (Å²) in [5.74, 6) is -0.344. The molecule has 0 aliphatic rings. The van der Waals surface area contributed by atoms with Gasteiger partial charge in [-0.25, -0.2) is 4.39 Å². The van der Waals surface area contributed by atoms with Crippen molar-refractivity contribution >= 4 is 17.5 Å². The van der Waals surface area contributed by atoms with E-state index in [0.717, 1.165) is 6.07 Å². The molecule has 134 valence electrons. The molecule has 0 aliphatic heterocycles. The number of benzene rings is 2. The Bertz CT molecular complexity index is 765. The highest BCUT2D eigenvalue weighted by atomic mass is 35.5. The van der Waals surface area contributed by atoms with Crippen molar-refractivity contribution in [2.45, 2.75) is 25.9 Å². The second-order valence-corrected chi connectivity index (χ2v) is 5.89. The minimum atomic E-state index is -1.05. The molecular formula is C18H19ClFNO4. The lowest BCUT2D eigenvalue weighted by molar-refractivity contribution is -0.118. The number of halogens is 2. The Kier molecular flexibility index (Phi) is 6.22. The van der Waals surface area contributed by atoms with Crippen molar-refractivity contribution in [1.29, 1.82) is 0 Å². The van der Waals surface area contributed by atoms with Crippen molar-refractivity contribution in [3.8, 4) is 17.2 Å². The lowest BCUT2D eigenvalue weighted by Crippen LogP contribution is -2.12. The zero-order valence-electron chi connectivity index (χ0n) is 13.9. The van der Waals surface area contributed by atoms with Crippen molar-refractivity contribution in [2.75, 3.05) is 7.11 Å². The molecule has 0 aromatic heterocycles. The predicted molar refractivity (Wildman–Crippen MR) is 92.6 cm³/mol. The van der Waals surface area contributed by atoms with Crippen LogP contribution in [0.3, 0.4) is 0 Å². The first kappa shape index (κ1) is 19.0. The number of aliphatic hydroxyl groups is 1. The summed E-state index contributed by atoms with van der Waals surface area (Å²) in [4.78, 5) is 10.8. The predicted octanol–water partition coefficient (Wildman–Crippen LogP) is 3.89. The number of ether oxygens (including phenoxy) is 2. The molecule has 3 N–H and O–H groups in total. The zero-order valence-corrected chi connectivity index (χ0v) is 14.6. The summed E-state index contributed by atoms with van der Waals surface area (Å²) in [6, 6.07) is 7.76. The van der Waals surface area contributed by atoms with Crippen LogP contribution >= 0.6 is 11.6 Å². The fraction of sp³-hybridized carbons (Fsp3) is 0.278. The molecule has 7 heteroatoms. The zero-order chi connectivity index (χ0) is 18.6. The van der Waals surface area contributed by atoms with Crippen molar-refractivity contribution in [1.82, 2.24) is 0 Å². The maximum absolute atomic E-state index is 14.4. The third-order valence-corrected chi connectivity index (χ3v) is 4.22. The maximum atomic E-state index is 14.4. The molecule has 0 saturated heterocycles. The van der Waals surface area contributed by atoms with Crippen molar-refractivity contribution in [3.63, 3.8) is 0 Å². The maximum Gasteiger partial charge on any atom is 0.217 e. The van der Waals surface area contributed by atoms with E-state index in [1.807, 2.05) is 0 Å². The van der Waals surface area contributed by atoms with Gasteiger partial charge in [-0.3, -0.25) is 4.79 Å². The Morgan fingerprint density at radius 1 is 1.32 bits per heavy atom. The van der Waals surface area contributed by atoms with E-state index in [0.29, 0.717) is 22.6 Å². The van der Waals surface area contributed by atoms with Crippen LogP contribution in [0.15, 0.2) is 30.3 Å². The van der Waals surface area contributed by atoms with E-state index in [1.165, 1.54) is 7.11 Å². The van der Waals surface area contributed by atoms with E-state index in [2.05, 4.69) is 0 Å². The Balaban J connectivity index is 2.28. The Labute approximate surface area is 150 Å². The van der Waals surface area contributed by atoms with Crippen LogP contribution in [0.4, 0.5) is 4.39 Å². The van der Waals surface area contributed by atoms with Crippen LogP contribution in [0.25, 0.3) is 0 Å². The summed E-state index contributed by atoms with van der Waals surface area (Å²) in [7, 11) is 1.54. The molecule has 25 heavy (non-hydrogen) atoms. The molecular weight excluding hydrogens is 349 g/mol. The monoisotopic (exact) mass is 367 g/mol. The summed E-state index contributed by atoms with van der Waals surface area (Å²) >= 11 is 6.23. The van der Waals surface area contributed by atoms with Crippen molar-refractivity contribution in [2.24, 2.45) is 5.73 Å². The van der Waals surface area contributed by atoms with E-state index in [9.17, 15) is 14.3 Å². The van der Waals surface area contributed by atoms with Gasteiger partial charge in [-0.2, -0.15) is 0 Å². The van der Waals surface area contributed by atoms with Crippen LogP contribution in [0.5, 0.6) is 17.2 Å². The third kappa shape index (κ3) is 4.61. The number of hydrogen-bond acceptors (Lipinski definition) is 4. The fourth-order valence-electron chi connectivity index (χ4n) is 2.35.